The summed E-state index contributed by atoms with van der Waals surface area (Å²) in [5.74, 6) is -1.41. The molecule has 36 heavy (non-hydrogen) atoms. The number of urea groups is 1. The number of guanidine groups is 1. The highest BCUT2D eigenvalue weighted by molar-refractivity contribution is 9.09. The summed E-state index contributed by atoms with van der Waals surface area (Å²) in [6, 6.07) is 8.52. The first-order valence-electron chi connectivity index (χ1n) is 10.5. The van der Waals surface area contributed by atoms with E-state index >= 15 is 0 Å². The average Bonchev–Trinajstić information content (AvgIpc) is 2.83. The van der Waals surface area contributed by atoms with Crippen molar-refractivity contribution in [3.63, 3.8) is 0 Å². The van der Waals surface area contributed by atoms with Crippen molar-refractivity contribution in [1.82, 2.24) is 4.90 Å². The van der Waals surface area contributed by atoms with Crippen LogP contribution in [0, 0.1) is 16.7 Å². The summed E-state index contributed by atoms with van der Waals surface area (Å²) >= 11 is 3.34. The fourth-order valence-electron chi connectivity index (χ4n) is 4.13. The molecule has 0 saturated heterocycles. The second-order valence-corrected chi connectivity index (χ2v) is 8.57. The van der Waals surface area contributed by atoms with Gasteiger partial charge in [0.1, 0.15) is 6.04 Å². The van der Waals surface area contributed by atoms with E-state index in [0.29, 0.717) is 28.4 Å². The van der Waals surface area contributed by atoms with Crippen LogP contribution in [-0.2, 0) is 22.1 Å². The van der Waals surface area contributed by atoms with Crippen LogP contribution in [0.5, 0.6) is 0 Å². The van der Waals surface area contributed by atoms with Gasteiger partial charge in [-0.2, -0.15) is 18.4 Å². The molecule has 1 unspecified atom stereocenters. The number of esters is 1. The number of hydrogen-bond donors (Lipinski definition) is 2. The molecule has 8 nitrogen and oxygen atoms in total. The van der Waals surface area contributed by atoms with E-state index in [1.54, 1.807) is 12.1 Å². The van der Waals surface area contributed by atoms with E-state index in [4.69, 9.17) is 15.9 Å². The summed E-state index contributed by atoms with van der Waals surface area (Å²) in [6.45, 7) is 1.44. The van der Waals surface area contributed by atoms with Crippen LogP contribution in [0.2, 0.25) is 0 Å². The van der Waals surface area contributed by atoms with Crippen molar-refractivity contribution in [3.05, 3.63) is 76.0 Å². The molecule has 0 fully saturated rings. The predicted octanol–water partition coefficient (Wildman–Crippen LogP) is 4.84. The molecular weight excluding hydrogens is 543 g/mol. The third-order valence-corrected chi connectivity index (χ3v) is 6.10. The Balaban J connectivity index is 2.35. The summed E-state index contributed by atoms with van der Waals surface area (Å²) < 4.78 is 45.1. The normalized spacial score (nSPS) is 16.1. The number of nitrogens with two attached hydrogens (primary N) is 1. The number of amides is 2. The Morgan fingerprint density at radius 3 is 2.50 bits per heavy atom. The Hall–Kier alpha value is -3.85. The number of nitrogens with zero attached hydrogens (tertiary/aromatic N) is 3. The van der Waals surface area contributed by atoms with Crippen molar-refractivity contribution in [1.29, 1.82) is 10.7 Å². The highest BCUT2D eigenvalue weighted by Crippen LogP contribution is 2.42. The smallest absolute Gasteiger partial charge is 0.416 e. The van der Waals surface area contributed by atoms with Gasteiger partial charge in [0.05, 0.1) is 29.9 Å². The largest absolute Gasteiger partial charge is 0.466 e. The lowest BCUT2D eigenvalue weighted by molar-refractivity contribution is -0.138. The standard InChI is InChI=1S/C24H21BrF3N5O3/c1-13-19(21(34)36-2)20(18-7-6-14(12-29)10-15(18)8-9-25)33(23(31)35)22(30)32(13)17-5-3-4-16(11-17)24(26,27)28/h3-7,10-11,20,30H,8-9H2,1-2H3,(H2,31,35). The van der Waals surface area contributed by atoms with Crippen LogP contribution in [-0.4, -0.2) is 35.3 Å². The monoisotopic (exact) mass is 563 g/mol. The van der Waals surface area contributed by atoms with E-state index in [1.165, 1.54) is 19.1 Å². The van der Waals surface area contributed by atoms with Gasteiger partial charge in [0.25, 0.3) is 0 Å². The first-order valence-corrected chi connectivity index (χ1v) is 11.6. The van der Waals surface area contributed by atoms with E-state index < -0.39 is 35.7 Å². The summed E-state index contributed by atoms with van der Waals surface area (Å²) in [4.78, 5) is 27.6. The summed E-state index contributed by atoms with van der Waals surface area (Å²) in [5, 5.41) is 18.6. The van der Waals surface area contributed by atoms with Gasteiger partial charge in [0, 0.05) is 16.7 Å². The van der Waals surface area contributed by atoms with Crippen LogP contribution >= 0.6 is 15.9 Å². The van der Waals surface area contributed by atoms with E-state index in [2.05, 4.69) is 15.9 Å². The molecule has 0 aromatic heterocycles. The number of carbonyl (C=O) groups is 2. The zero-order valence-corrected chi connectivity index (χ0v) is 20.8. The van der Waals surface area contributed by atoms with Crippen LogP contribution < -0.4 is 10.6 Å². The maximum absolute atomic E-state index is 13.4. The molecule has 0 saturated carbocycles. The Morgan fingerprint density at radius 2 is 1.94 bits per heavy atom. The minimum absolute atomic E-state index is 0.0860. The number of allylic oxidation sites excluding steroid dienone is 1. The summed E-state index contributed by atoms with van der Waals surface area (Å²) in [6.07, 6.45) is -4.25. The van der Waals surface area contributed by atoms with Gasteiger partial charge < -0.3 is 10.5 Å². The van der Waals surface area contributed by atoms with Gasteiger partial charge in [-0.1, -0.05) is 28.1 Å². The lowest BCUT2D eigenvalue weighted by Gasteiger charge is -2.43. The second-order valence-electron chi connectivity index (χ2n) is 7.77. The van der Waals surface area contributed by atoms with Gasteiger partial charge in [-0.3, -0.25) is 15.2 Å². The van der Waals surface area contributed by atoms with E-state index in [9.17, 15) is 28.0 Å². The number of anilines is 1. The van der Waals surface area contributed by atoms with E-state index in [1.807, 2.05) is 6.07 Å². The molecule has 3 rings (SSSR count). The van der Waals surface area contributed by atoms with Gasteiger partial charge in [0.15, 0.2) is 0 Å². The highest BCUT2D eigenvalue weighted by atomic mass is 79.9. The molecule has 3 N–H and O–H groups in total. The van der Waals surface area contributed by atoms with Crippen LogP contribution in [0.25, 0.3) is 0 Å². The minimum Gasteiger partial charge on any atom is -0.466 e. The fourth-order valence-corrected chi connectivity index (χ4v) is 4.56. The molecule has 188 valence electrons. The molecule has 0 spiro atoms. The van der Waals surface area contributed by atoms with E-state index in [0.717, 1.165) is 35.1 Å². The number of carbonyl (C=O) groups excluding carboxylic acids is 2. The van der Waals surface area contributed by atoms with Crippen molar-refractivity contribution < 1.29 is 27.5 Å². The number of aryl methyl sites for hydroxylation is 1. The molecule has 1 heterocycles. The number of benzene rings is 2. The van der Waals surface area contributed by atoms with Crippen molar-refractivity contribution in [2.24, 2.45) is 5.73 Å². The quantitative estimate of drug-likeness (QED) is 0.398. The third kappa shape index (κ3) is 4.92. The Bertz CT molecular complexity index is 1300. The van der Waals surface area contributed by atoms with Gasteiger partial charge in [-0.05, 0) is 54.8 Å². The first kappa shape index (κ1) is 26.7. The minimum atomic E-state index is -4.66. The lowest BCUT2D eigenvalue weighted by atomic mass is 9.88. The van der Waals surface area contributed by atoms with E-state index in [-0.39, 0.29) is 17.0 Å². The van der Waals surface area contributed by atoms with Gasteiger partial charge in [-0.25, -0.2) is 9.59 Å². The third-order valence-electron chi connectivity index (χ3n) is 5.70. The van der Waals surface area contributed by atoms with Crippen molar-refractivity contribution in [2.45, 2.75) is 25.6 Å². The number of rotatable bonds is 5. The van der Waals surface area contributed by atoms with Gasteiger partial charge in [0.2, 0.25) is 5.96 Å². The van der Waals surface area contributed by atoms with Crippen LogP contribution in [0.1, 0.15) is 35.2 Å². The van der Waals surface area contributed by atoms with Crippen molar-refractivity contribution >= 4 is 39.6 Å². The van der Waals surface area contributed by atoms with Crippen LogP contribution in [0.4, 0.5) is 23.7 Å². The average molecular weight is 564 g/mol. The Labute approximate surface area is 213 Å². The number of ether oxygens (including phenoxy) is 1. The maximum Gasteiger partial charge on any atom is 0.416 e. The highest BCUT2D eigenvalue weighted by Gasteiger charge is 2.44. The number of halogens is 4. The number of nitriles is 1. The number of hydrogen-bond acceptors (Lipinski definition) is 5. The van der Waals surface area contributed by atoms with Gasteiger partial charge in [-0.15, -0.1) is 0 Å². The van der Waals surface area contributed by atoms with Crippen LogP contribution in [0.15, 0.2) is 53.7 Å². The zero-order valence-electron chi connectivity index (χ0n) is 19.2. The zero-order chi connectivity index (χ0) is 26.8. The SMILES string of the molecule is COC(=O)C1=C(C)N(c2cccc(C(F)(F)F)c2)C(=N)N(C(N)=O)C1c1ccc(C#N)cc1CCBr. The van der Waals surface area contributed by atoms with Gasteiger partial charge >= 0.3 is 18.2 Å². The number of alkyl halides is 4. The molecule has 0 bridgehead atoms. The molecule has 0 radical (unpaired) electrons. The summed E-state index contributed by atoms with van der Waals surface area (Å²) in [7, 11) is 1.13. The number of methoxy groups -OCH3 is 1. The molecule has 1 aliphatic heterocycles. The fraction of sp³-hybridized carbons (Fsp3) is 0.250. The molecule has 1 atom stereocenters. The lowest BCUT2D eigenvalue weighted by Crippen LogP contribution is -2.55. The molecule has 0 aliphatic carbocycles. The van der Waals surface area contributed by atoms with Crippen molar-refractivity contribution in [2.75, 3.05) is 17.3 Å². The number of primary amides is 1. The Morgan fingerprint density at radius 1 is 1.25 bits per heavy atom. The molecule has 2 aromatic carbocycles. The molecule has 2 aromatic rings. The van der Waals surface area contributed by atoms with Crippen molar-refractivity contribution in [3.8, 4) is 6.07 Å². The molecule has 12 heteroatoms. The maximum atomic E-state index is 13.4. The first-order chi connectivity index (χ1) is 17.0. The second kappa shape index (κ2) is 10.4. The molecule has 2 amide bonds. The molecule has 1 aliphatic rings. The predicted molar refractivity (Wildman–Crippen MR) is 129 cm³/mol. The van der Waals surface area contributed by atoms with Crippen LogP contribution in [0.3, 0.4) is 0 Å². The Kier molecular flexibility index (Phi) is 7.74. The molecular formula is C24H21BrF3N5O3. The number of nitrogens with one attached hydrogen (secondary N) is 1. The topological polar surface area (TPSA) is 124 Å². The summed E-state index contributed by atoms with van der Waals surface area (Å²) in [5.41, 5.74) is 5.95.